The van der Waals surface area contributed by atoms with E-state index in [9.17, 15) is 8.42 Å². The molecule has 0 aromatic rings. The lowest BCUT2D eigenvalue weighted by Gasteiger charge is -2.10. The van der Waals surface area contributed by atoms with Crippen LogP contribution in [0.4, 0.5) is 0 Å². The van der Waals surface area contributed by atoms with Crippen molar-refractivity contribution in [3.63, 3.8) is 0 Å². The largest absolute Gasteiger partial charge is 0.304 e. The highest BCUT2D eigenvalue weighted by molar-refractivity contribution is 7.74. The highest BCUT2D eigenvalue weighted by atomic mass is 32.2. The molecule has 2 atom stereocenters. The van der Waals surface area contributed by atoms with Gasteiger partial charge in [0.2, 0.25) is 0 Å². The second-order valence-electron chi connectivity index (χ2n) is 1.84. The van der Waals surface area contributed by atoms with Crippen LogP contribution < -0.4 is 0 Å². The van der Waals surface area contributed by atoms with E-state index in [1.165, 1.54) is 0 Å². The van der Waals surface area contributed by atoms with Crippen LogP contribution >= 0.6 is 0 Å². The minimum atomic E-state index is -2.48. The van der Waals surface area contributed by atoms with Gasteiger partial charge in [-0.1, -0.05) is 13.3 Å². The maximum Gasteiger partial charge on any atom is 0.304 e. The van der Waals surface area contributed by atoms with Gasteiger partial charge in [0.1, 0.15) is 0 Å². The summed E-state index contributed by atoms with van der Waals surface area (Å²) in [7, 11) is 0. The molecule has 0 amide bonds. The Bertz CT molecular complexity index is 155. The Kier molecular flexibility index (Phi) is 6.71. The first-order valence-electron chi connectivity index (χ1n) is 3.12. The Morgan fingerprint density at radius 3 is 1.92 bits per heavy atom. The molecule has 0 aliphatic heterocycles. The molecule has 0 heterocycles. The van der Waals surface area contributed by atoms with E-state index in [1.807, 2.05) is 0 Å². The molecule has 2 unspecified atom stereocenters. The van der Waals surface area contributed by atoms with Gasteiger partial charge in [-0.25, -0.2) is 8.37 Å². The third kappa shape index (κ3) is 6.83. The first-order valence-corrected chi connectivity index (χ1v) is 5.18. The van der Waals surface area contributed by atoms with E-state index in [0.717, 1.165) is 0 Å². The van der Waals surface area contributed by atoms with E-state index in [-0.39, 0.29) is 6.42 Å². The second kappa shape index (κ2) is 6.63. The van der Waals surface area contributed by atoms with Gasteiger partial charge in [0.25, 0.3) is 0 Å². The summed E-state index contributed by atoms with van der Waals surface area (Å²) in [4.78, 5) is 0. The highest BCUT2D eigenvalue weighted by Gasteiger charge is 2.14. The van der Waals surface area contributed by atoms with Crippen molar-refractivity contribution in [2.75, 3.05) is 0 Å². The summed E-state index contributed by atoms with van der Waals surface area (Å²) in [5, 5.41) is 0. The smallest absolute Gasteiger partial charge is 0.284 e. The van der Waals surface area contributed by atoms with Crippen molar-refractivity contribution >= 4 is 22.7 Å². The molecule has 0 aromatic carbocycles. The van der Waals surface area contributed by atoms with Crippen LogP contribution in [0.1, 0.15) is 19.8 Å². The van der Waals surface area contributed by atoms with Crippen molar-refractivity contribution in [2.45, 2.75) is 26.1 Å². The van der Waals surface area contributed by atoms with Crippen LogP contribution in [-0.4, -0.2) is 23.8 Å². The molecule has 0 radical (unpaired) electrons. The fourth-order valence-electron chi connectivity index (χ4n) is 0.532. The Hall–Kier alpha value is 0.140. The third-order valence-corrected chi connectivity index (χ3v) is 1.66. The summed E-state index contributed by atoms with van der Waals surface area (Å²) < 4.78 is 45.2. The van der Waals surface area contributed by atoms with Gasteiger partial charge in [-0.05, 0) is 0 Å². The molecule has 8 heteroatoms. The van der Waals surface area contributed by atoms with Crippen molar-refractivity contribution in [2.24, 2.45) is 0 Å². The zero-order valence-corrected chi connectivity index (χ0v) is 7.97. The van der Waals surface area contributed by atoms with Crippen LogP contribution in [0.2, 0.25) is 0 Å². The Morgan fingerprint density at radius 1 is 1.25 bits per heavy atom. The molecule has 0 bridgehead atoms. The maximum atomic E-state index is 10.1. The van der Waals surface area contributed by atoms with E-state index in [1.54, 1.807) is 6.92 Å². The van der Waals surface area contributed by atoms with E-state index < -0.39 is 29.0 Å². The van der Waals surface area contributed by atoms with E-state index >= 15 is 0 Å². The van der Waals surface area contributed by atoms with Crippen molar-refractivity contribution in [1.82, 2.24) is 0 Å². The van der Waals surface area contributed by atoms with Gasteiger partial charge in [0.15, 0.2) is 6.29 Å². The molecule has 0 aromatic heterocycles. The van der Waals surface area contributed by atoms with Gasteiger partial charge in [0, 0.05) is 6.42 Å². The first kappa shape index (κ1) is 12.1. The average molecular weight is 218 g/mol. The third-order valence-electron chi connectivity index (χ3n) is 0.904. The second-order valence-corrected chi connectivity index (χ2v) is 3.10. The van der Waals surface area contributed by atoms with Crippen molar-refractivity contribution in [3.8, 4) is 0 Å². The normalized spacial score (nSPS) is 18.6. The standard InChI is InChI=1S/C4H10O6S2/c1-2-3-4(9-11(5)6)10-12(7)8/h4H,2-3H2,1H3,(H,5,6)(H,7,8). The summed E-state index contributed by atoms with van der Waals surface area (Å²) >= 11 is -4.97. The summed E-state index contributed by atoms with van der Waals surface area (Å²) in [5.41, 5.74) is 0. The lowest BCUT2D eigenvalue weighted by atomic mass is 10.3. The minimum Gasteiger partial charge on any atom is -0.284 e. The lowest BCUT2D eigenvalue weighted by molar-refractivity contribution is 0.00768. The van der Waals surface area contributed by atoms with Gasteiger partial charge in [-0.3, -0.25) is 9.11 Å². The molecule has 0 aliphatic rings. The molecule has 0 aliphatic carbocycles. The van der Waals surface area contributed by atoms with Gasteiger partial charge < -0.3 is 0 Å². The van der Waals surface area contributed by atoms with Crippen molar-refractivity contribution in [3.05, 3.63) is 0 Å². The van der Waals surface area contributed by atoms with Crippen LogP contribution in [0.3, 0.4) is 0 Å². The number of rotatable bonds is 6. The molecule has 0 spiro atoms. The molecular formula is C4H10O6S2. The zero-order valence-electron chi connectivity index (χ0n) is 6.34. The van der Waals surface area contributed by atoms with Crippen LogP contribution in [0, 0.1) is 0 Å². The molecule has 6 nitrogen and oxygen atoms in total. The molecule has 2 N–H and O–H groups in total. The molecule has 0 fully saturated rings. The zero-order chi connectivity index (χ0) is 9.56. The van der Waals surface area contributed by atoms with E-state index in [4.69, 9.17) is 9.11 Å². The molecule has 0 saturated carbocycles. The van der Waals surface area contributed by atoms with Crippen LogP contribution in [0.15, 0.2) is 0 Å². The first-order chi connectivity index (χ1) is 5.56. The van der Waals surface area contributed by atoms with Gasteiger partial charge in [-0.15, -0.1) is 0 Å². The molecule has 12 heavy (non-hydrogen) atoms. The number of hydrogen-bond donors (Lipinski definition) is 2. The number of hydrogen-bond acceptors (Lipinski definition) is 4. The summed E-state index contributed by atoms with van der Waals surface area (Å²) in [6.07, 6.45) is -0.232. The maximum absolute atomic E-state index is 10.1. The highest BCUT2D eigenvalue weighted by Crippen LogP contribution is 2.06. The van der Waals surface area contributed by atoms with Crippen molar-refractivity contribution < 1.29 is 25.9 Å². The fourth-order valence-corrected chi connectivity index (χ4v) is 1.22. The quantitative estimate of drug-likeness (QED) is 0.495. The van der Waals surface area contributed by atoms with E-state index in [2.05, 4.69) is 8.37 Å². The molecule has 0 rings (SSSR count). The molecule has 74 valence electrons. The topological polar surface area (TPSA) is 93.1 Å². The van der Waals surface area contributed by atoms with Gasteiger partial charge in [-0.2, -0.15) is 8.42 Å². The monoisotopic (exact) mass is 218 g/mol. The lowest BCUT2D eigenvalue weighted by Crippen LogP contribution is -2.19. The van der Waals surface area contributed by atoms with Gasteiger partial charge in [0.05, 0.1) is 0 Å². The summed E-state index contributed by atoms with van der Waals surface area (Å²) in [6.45, 7) is 1.78. The fraction of sp³-hybridized carbons (Fsp3) is 1.00. The Morgan fingerprint density at radius 2 is 1.67 bits per heavy atom. The minimum absolute atomic E-state index is 0.276. The van der Waals surface area contributed by atoms with Crippen molar-refractivity contribution in [1.29, 1.82) is 0 Å². The van der Waals surface area contributed by atoms with E-state index in [0.29, 0.717) is 6.42 Å². The predicted octanol–water partition coefficient (Wildman–Crippen LogP) is 0.419. The predicted molar refractivity (Wildman–Crippen MR) is 42.4 cm³/mol. The Balaban J connectivity index is 3.85. The van der Waals surface area contributed by atoms with Crippen LogP contribution in [0.5, 0.6) is 0 Å². The summed E-state index contributed by atoms with van der Waals surface area (Å²) in [6, 6.07) is 0. The summed E-state index contributed by atoms with van der Waals surface area (Å²) in [5.74, 6) is 0. The Labute approximate surface area is 75.2 Å². The van der Waals surface area contributed by atoms with Crippen LogP contribution in [-0.2, 0) is 31.1 Å². The van der Waals surface area contributed by atoms with Gasteiger partial charge >= 0.3 is 22.7 Å². The molecular weight excluding hydrogens is 208 g/mol. The SMILES string of the molecule is CCCC(OS(=O)O)OS(=O)O. The van der Waals surface area contributed by atoms with Crippen LogP contribution in [0.25, 0.3) is 0 Å². The molecule has 0 saturated heterocycles. The average Bonchev–Trinajstić information content (AvgIpc) is 1.84.